The Kier molecular flexibility index (Phi) is 8.70. The lowest BCUT2D eigenvalue weighted by Crippen LogP contribution is -2.28. The summed E-state index contributed by atoms with van der Waals surface area (Å²) in [5.74, 6) is -0.397. The Morgan fingerprint density at radius 2 is 1.76 bits per heavy atom. The first kappa shape index (κ1) is 24.4. The Morgan fingerprint density at radius 1 is 0.971 bits per heavy atom. The number of rotatable bonds is 10. The SMILES string of the molecule is COCCNC(=O)c1cc(NC(=O)Nc2cccc(C(C)=O)c2)ccc1NCc1cccnc1. The van der Waals surface area contributed by atoms with Gasteiger partial charge < -0.3 is 26.0 Å². The molecule has 2 aromatic carbocycles. The van der Waals surface area contributed by atoms with E-state index in [0.717, 1.165) is 5.56 Å². The number of ether oxygens (including phenoxy) is 1. The maximum absolute atomic E-state index is 12.8. The maximum Gasteiger partial charge on any atom is 0.323 e. The van der Waals surface area contributed by atoms with Crippen molar-refractivity contribution in [3.05, 3.63) is 83.7 Å². The van der Waals surface area contributed by atoms with Crippen molar-refractivity contribution in [1.29, 1.82) is 0 Å². The van der Waals surface area contributed by atoms with Crippen LogP contribution >= 0.6 is 0 Å². The lowest BCUT2D eigenvalue weighted by atomic mass is 10.1. The molecule has 0 radical (unpaired) electrons. The topological polar surface area (TPSA) is 121 Å². The quantitative estimate of drug-likeness (QED) is 0.268. The average molecular weight is 462 g/mol. The molecule has 9 nitrogen and oxygen atoms in total. The van der Waals surface area contributed by atoms with Crippen molar-refractivity contribution in [3.63, 3.8) is 0 Å². The van der Waals surface area contributed by atoms with Gasteiger partial charge in [0.1, 0.15) is 0 Å². The van der Waals surface area contributed by atoms with Gasteiger partial charge in [0, 0.05) is 55.2 Å². The number of Topliss-reactive ketones (excluding diaryl/α,β-unsaturated/α-hetero) is 1. The van der Waals surface area contributed by atoms with Crippen LogP contribution in [0.25, 0.3) is 0 Å². The largest absolute Gasteiger partial charge is 0.383 e. The lowest BCUT2D eigenvalue weighted by Gasteiger charge is -2.15. The van der Waals surface area contributed by atoms with E-state index in [1.54, 1.807) is 62.0 Å². The normalized spacial score (nSPS) is 10.3. The Labute approximate surface area is 197 Å². The second kappa shape index (κ2) is 12.1. The summed E-state index contributed by atoms with van der Waals surface area (Å²) in [6.45, 7) is 2.67. The minimum Gasteiger partial charge on any atom is -0.383 e. The van der Waals surface area contributed by atoms with E-state index in [2.05, 4.69) is 26.3 Å². The smallest absolute Gasteiger partial charge is 0.323 e. The summed E-state index contributed by atoms with van der Waals surface area (Å²) in [5.41, 5.74) is 3.36. The fourth-order valence-corrected chi connectivity index (χ4v) is 3.14. The summed E-state index contributed by atoms with van der Waals surface area (Å²) in [7, 11) is 1.56. The molecule has 0 fully saturated rings. The number of aromatic nitrogens is 1. The third-order valence-corrected chi connectivity index (χ3v) is 4.85. The molecule has 0 aliphatic rings. The molecule has 0 unspecified atom stereocenters. The predicted molar refractivity (Wildman–Crippen MR) is 131 cm³/mol. The van der Waals surface area contributed by atoms with Gasteiger partial charge in [-0.05, 0) is 48.9 Å². The summed E-state index contributed by atoms with van der Waals surface area (Å²) in [4.78, 5) is 41.0. The van der Waals surface area contributed by atoms with Gasteiger partial charge in [0.25, 0.3) is 5.91 Å². The zero-order valence-electron chi connectivity index (χ0n) is 19.1. The Morgan fingerprint density at radius 3 is 2.47 bits per heavy atom. The molecule has 1 heterocycles. The fraction of sp³-hybridized carbons (Fsp3) is 0.200. The van der Waals surface area contributed by atoms with Crippen molar-refractivity contribution in [3.8, 4) is 0 Å². The minimum atomic E-state index is -0.498. The molecule has 0 atom stereocenters. The van der Waals surface area contributed by atoms with E-state index in [9.17, 15) is 14.4 Å². The highest BCUT2D eigenvalue weighted by atomic mass is 16.5. The first-order chi connectivity index (χ1) is 16.5. The van der Waals surface area contributed by atoms with Gasteiger partial charge in [0.15, 0.2) is 5.78 Å². The molecule has 3 aromatic rings. The van der Waals surface area contributed by atoms with Gasteiger partial charge in [-0.25, -0.2) is 4.79 Å². The number of benzene rings is 2. The van der Waals surface area contributed by atoms with Crippen molar-refractivity contribution in [2.45, 2.75) is 13.5 Å². The molecule has 9 heteroatoms. The third-order valence-electron chi connectivity index (χ3n) is 4.85. The van der Waals surface area contributed by atoms with Crippen molar-refractivity contribution < 1.29 is 19.1 Å². The van der Waals surface area contributed by atoms with Crippen LogP contribution in [0.1, 0.15) is 33.2 Å². The number of nitrogens with zero attached hydrogens (tertiary/aromatic N) is 1. The van der Waals surface area contributed by atoms with Crippen LogP contribution in [0.2, 0.25) is 0 Å². The molecular formula is C25H27N5O4. The van der Waals surface area contributed by atoms with Crippen LogP contribution < -0.4 is 21.3 Å². The Hall–Kier alpha value is -4.24. The van der Waals surface area contributed by atoms with Crippen LogP contribution in [0, 0.1) is 0 Å². The summed E-state index contributed by atoms with van der Waals surface area (Å²) in [5, 5.41) is 11.5. The average Bonchev–Trinajstić information content (AvgIpc) is 2.84. The fourth-order valence-electron chi connectivity index (χ4n) is 3.14. The van der Waals surface area contributed by atoms with E-state index in [-0.39, 0.29) is 11.7 Å². The van der Waals surface area contributed by atoms with Gasteiger partial charge in [-0.15, -0.1) is 0 Å². The Balaban J connectivity index is 1.74. The Bertz CT molecular complexity index is 1150. The number of amides is 3. The highest BCUT2D eigenvalue weighted by molar-refractivity contribution is 6.04. The summed E-state index contributed by atoms with van der Waals surface area (Å²) in [6.07, 6.45) is 3.44. The first-order valence-corrected chi connectivity index (χ1v) is 10.7. The van der Waals surface area contributed by atoms with Gasteiger partial charge >= 0.3 is 6.03 Å². The molecule has 0 aliphatic heterocycles. The van der Waals surface area contributed by atoms with Crippen molar-refractivity contribution in [2.24, 2.45) is 0 Å². The number of carbonyl (C=O) groups is 3. The first-order valence-electron chi connectivity index (χ1n) is 10.7. The number of carbonyl (C=O) groups excluding carboxylic acids is 3. The molecule has 0 spiro atoms. The van der Waals surface area contributed by atoms with Gasteiger partial charge in [-0.3, -0.25) is 14.6 Å². The zero-order valence-corrected chi connectivity index (χ0v) is 19.1. The second-order valence-corrected chi connectivity index (χ2v) is 7.44. The lowest BCUT2D eigenvalue weighted by molar-refractivity contribution is 0.0937. The van der Waals surface area contributed by atoms with Crippen LogP contribution in [0.3, 0.4) is 0 Å². The molecule has 1 aromatic heterocycles. The molecule has 0 aliphatic carbocycles. The number of ketones is 1. The van der Waals surface area contributed by atoms with E-state index in [4.69, 9.17) is 4.74 Å². The minimum absolute atomic E-state index is 0.0949. The monoisotopic (exact) mass is 461 g/mol. The number of methoxy groups -OCH3 is 1. The number of nitrogens with one attached hydrogen (secondary N) is 4. The van der Waals surface area contributed by atoms with E-state index in [1.165, 1.54) is 6.92 Å². The highest BCUT2D eigenvalue weighted by Crippen LogP contribution is 2.22. The zero-order chi connectivity index (χ0) is 24.3. The number of pyridine rings is 1. The summed E-state index contributed by atoms with van der Waals surface area (Å²) in [6, 6.07) is 15.0. The van der Waals surface area contributed by atoms with Gasteiger partial charge in [-0.1, -0.05) is 18.2 Å². The van der Waals surface area contributed by atoms with Crippen LogP contribution in [0.5, 0.6) is 0 Å². The van der Waals surface area contributed by atoms with E-state index in [0.29, 0.717) is 47.9 Å². The molecule has 4 N–H and O–H groups in total. The molecule has 0 saturated carbocycles. The maximum atomic E-state index is 12.8. The molecule has 176 valence electrons. The van der Waals surface area contributed by atoms with Crippen LogP contribution in [0.4, 0.5) is 21.9 Å². The van der Waals surface area contributed by atoms with Crippen molar-refractivity contribution in [1.82, 2.24) is 10.3 Å². The standard InChI is InChI=1S/C25H27N5O4/c1-17(31)19-6-3-7-20(13-19)29-25(33)30-21-8-9-23(28-16-18-5-4-10-26-15-18)22(14-21)24(32)27-11-12-34-2/h3-10,13-15,28H,11-12,16H2,1-2H3,(H,27,32)(H2,29,30,33). The number of hydrogen-bond acceptors (Lipinski definition) is 6. The molecular weight excluding hydrogens is 434 g/mol. The predicted octanol–water partition coefficient (Wildman–Crippen LogP) is 3.92. The summed E-state index contributed by atoms with van der Waals surface area (Å²) < 4.78 is 5.00. The van der Waals surface area contributed by atoms with E-state index >= 15 is 0 Å². The molecule has 34 heavy (non-hydrogen) atoms. The highest BCUT2D eigenvalue weighted by Gasteiger charge is 2.14. The molecule has 3 rings (SSSR count). The molecule has 3 amide bonds. The molecule has 0 saturated heterocycles. The van der Waals surface area contributed by atoms with E-state index in [1.807, 2.05) is 12.1 Å². The molecule has 0 bridgehead atoms. The number of hydrogen-bond donors (Lipinski definition) is 4. The van der Waals surface area contributed by atoms with Crippen LogP contribution in [0.15, 0.2) is 67.0 Å². The van der Waals surface area contributed by atoms with Crippen molar-refractivity contribution >= 4 is 34.8 Å². The number of urea groups is 1. The summed E-state index contributed by atoms with van der Waals surface area (Å²) >= 11 is 0. The van der Waals surface area contributed by atoms with Crippen LogP contribution in [-0.4, -0.2) is 43.0 Å². The van der Waals surface area contributed by atoms with Crippen LogP contribution in [-0.2, 0) is 11.3 Å². The third kappa shape index (κ3) is 7.14. The van der Waals surface area contributed by atoms with Gasteiger partial charge in [0.05, 0.1) is 12.2 Å². The van der Waals surface area contributed by atoms with Gasteiger partial charge in [0.2, 0.25) is 0 Å². The van der Waals surface area contributed by atoms with E-state index < -0.39 is 6.03 Å². The number of anilines is 3. The second-order valence-electron chi connectivity index (χ2n) is 7.44. The van der Waals surface area contributed by atoms with Gasteiger partial charge in [-0.2, -0.15) is 0 Å². The van der Waals surface area contributed by atoms with Crippen molar-refractivity contribution in [2.75, 3.05) is 36.2 Å².